The summed E-state index contributed by atoms with van der Waals surface area (Å²) in [5, 5.41) is 0.740. The minimum atomic E-state index is -0.211. The van der Waals surface area contributed by atoms with E-state index in [1.807, 2.05) is 35.2 Å². The highest BCUT2D eigenvalue weighted by molar-refractivity contribution is 6.30. The fraction of sp³-hybridized carbons (Fsp3) is 0.435. The molecule has 1 atom stereocenters. The van der Waals surface area contributed by atoms with E-state index in [2.05, 4.69) is 15.9 Å². The Bertz CT molecular complexity index is 836. The van der Waals surface area contributed by atoms with E-state index < -0.39 is 0 Å². The zero-order valence-corrected chi connectivity index (χ0v) is 17.3. The topological polar surface area (TPSA) is 26.8 Å². The molecule has 2 aliphatic rings. The number of piperazine rings is 1. The normalized spacial score (nSPS) is 20.7. The first-order chi connectivity index (χ1) is 14.1. The van der Waals surface area contributed by atoms with E-state index in [9.17, 15) is 9.18 Å². The van der Waals surface area contributed by atoms with E-state index in [0.717, 1.165) is 74.9 Å². The number of anilines is 1. The van der Waals surface area contributed by atoms with E-state index in [4.69, 9.17) is 11.6 Å². The minimum Gasteiger partial charge on any atom is -0.368 e. The Labute approximate surface area is 176 Å². The van der Waals surface area contributed by atoms with Crippen molar-refractivity contribution in [1.82, 2.24) is 9.80 Å². The van der Waals surface area contributed by atoms with Crippen LogP contribution in [0.4, 0.5) is 10.1 Å². The first-order valence-corrected chi connectivity index (χ1v) is 10.7. The zero-order valence-electron chi connectivity index (χ0n) is 16.6. The number of carbonyl (C=O) groups excluding carboxylic acids is 1. The third kappa shape index (κ3) is 5.09. The third-order valence-electron chi connectivity index (χ3n) is 5.94. The van der Waals surface area contributed by atoms with Crippen molar-refractivity contribution in [1.29, 1.82) is 0 Å². The second kappa shape index (κ2) is 9.14. The molecule has 0 radical (unpaired) electrons. The minimum absolute atomic E-state index is 0.0573. The Kier molecular flexibility index (Phi) is 6.36. The average Bonchev–Trinajstić information content (AvgIpc) is 2.75. The number of likely N-dealkylation sites (tertiary alicyclic amines) is 1. The third-order valence-corrected chi connectivity index (χ3v) is 6.17. The molecule has 6 heteroatoms. The van der Waals surface area contributed by atoms with Crippen molar-refractivity contribution in [3.05, 3.63) is 64.9 Å². The molecule has 0 saturated carbocycles. The summed E-state index contributed by atoms with van der Waals surface area (Å²) in [6, 6.07) is 14.6. The molecule has 0 spiro atoms. The van der Waals surface area contributed by atoms with E-state index in [1.54, 1.807) is 0 Å². The van der Waals surface area contributed by atoms with Crippen LogP contribution in [0.25, 0.3) is 0 Å². The molecule has 0 aromatic heterocycles. The second-order valence-electron chi connectivity index (χ2n) is 7.99. The molecule has 0 N–H and O–H groups in total. The van der Waals surface area contributed by atoms with Gasteiger partial charge >= 0.3 is 0 Å². The molecule has 29 heavy (non-hydrogen) atoms. The maximum atomic E-state index is 13.1. The van der Waals surface area contributed by atoms with Crippen molar-refractivity contribution in [2.45, 2.75) is 19.4 Å². The molecule has 2 fully saturated rings. The molecule has 4 nitrogen and oxygen atoms in total. The molecule has 0 unspecified atom stereocenters. The van der Waals surface area contributed by atoms with Gasteiger partial charge in [-0.15, -0.1) is 0 Å². The lowest BCUT2D eigenvalue weighted by molar-refractivity contribution is -0.137. The van der Waals surface area contributed by atoms with Gasteiger partial charge in [0.25, 0.3) is 0 Å². The van der Waals surface area contributed by atoms with Crippen LogP contribution < -0.4 is 4.90 Å². The molecule has 2 aromatic carbocycles. The Balaban J connectivity index is 1.30. The van der Waals surface area contributed by atoms with Gasteiger partial charge in [0.05, 0.1) is 5.92 Å². The summed E-state index contributed by atoms with van der Waals surface area (Å²) in [6.45, 7) is 5.71. The van der Waals surface area contributed by atoms with E-state index in [1.165, 1.54) is 12.1 Å². The summed E-state index contributed by atoms with van der Waals surface area (Å²) in [5.41, 5.74) is 2.21. The van der Waals surface area contributed by atoms with Crippen LogP contribution >= 0.6 is 11.6 Å². The first kappa shape index (κ1) is 20.2. The molecule has 0 bridgehead atoms. The van der Waals surface area contributed by atoms with Crippen molar-refractivity contribution in [2.24, 2.45) is 5.92 Å². The van der Waals surface area contributed by atoms with Gasteiger partial charge in [-0.2, -0.15) is 0 Å². The fourth-order valence-corrected chi connectivity index (χ4v) is 4.55. The standard InChI is InChI=1S/C23H27ClFN3O/c24-20-4-1-5-22(15-20)27-11-13-28(14-12-27)23(29)19-3-2-10-26(17-19)16-18-6-8-21(25)9-7-18/h1,4-9,15,19H,2-3,10-14,16-17H2/t19-/m0/s1. The number of piperidine rings is 1. The Hall–Kier alpha value is -2.11. The first-order valence-electron chi connectivity index (χ1n) is 10.3. The molecule has 2 aliphatic heterocycles. The number of hydrogen-bond acceptors (Lipinski definition) is 3. The number of hydrogen-bond donors (Lipinski definition) is 0. The Morgan fingerprint density at radius 2 is 1.79 bits per heavy atom. The van der Waals surface area contributed by atoms with E-state index >= 15 is 0 Å². The number of rotatable bonds is 4. The largest absolute Gasteiger partial charge is 0.368 e. The predicted molar refractivity (Wildman–Crippen MR) is 115 cm³/mol. The summed E-state index contributed by atoms with van der Waals surface area (Å²) < 4.78 is 13.1. The summed E-state index contributed by atoms with van der Waals surface area (Å²) in [4.78, 5) is 19.7. The van der Waals surface area contributed by atoms with Crippen molar-refractivity contribution in [3.8, 4) is 0 Å². The zero-order chi connectivity index (χ0) is 20.2. The van der Waals surface area contributed by atoms with Gasteiger partial charge in [0.2, 0.25) is 5.91 Å². The number of carbonyl (C=O) groups is 1. The van der Waals surface area contributed by atoms with E-state index in [-0.39, 0.29) is 17.6 Å². The summed E-state index contributed by atoms with van der Waals surface area (Å²) in [5.74, 6) is 0.124. The Morgan fingerprint density at radius 1 is 1.03 bits per heavy atom. The van der Waals surface area contributed by atoms with Gasteiger partial charge in [-0.3, -0.25) is 9.69 Å². The molecule has 1 amide bonds. The summed E-state index contributed by atoms with van der Waals surface area (Å²) in [7, 11) is 0. The number of benzene rings is 2. The van der Waals surface area contributed by atoms with Gasteiger partial charge in [0, 0.05) is 50.0 Å². The van der Waals surface area contributed by atoms with Crippen LogP contribution in [-0.2, 0) is 11.3 Å². The summed E-state index contributed by atoms with van der Waals surface area (Å²) >= 11 is 6.11. The maximum Gasteiger partial charge on any atom is 0.227 e. The van der Waals surface area contributed by atoms with Crippen molar-refractivity contribution in [2.75, 3.05) is 44.2 Å². The van der Waals surface area contributed by atoms with Crippen molar-refractivity contribution >= 4 is 23.2 Å². The molecule has 4 rings (SSSR count). The Morgan fingerprint density at radius 3 is 2.52 bits per heavy atom. The van der Waals surface area contributed by atoms with Crippen LogP contribution in [-0.4, -0.2) is 55.0 Å². The number of amides is 1. The van der Waals surface area contributed by atoms with Crippen LogP contribution in [0, 0.1) is 11.7 Å². The molecule has 0 aliphatic carbocycles. The second-order valence-corrected chi connectivity index (χ2v) is 8.43. The quantitative estimate of drug-likeness (QED) is 0.754. The van der Waals surface area contributed by atoms with Gasteiger partial charge < -0.3 is 9.80 Å². The van der Waals surface area contributed by atoms with Crippen LogP contribution in [0.3, 0.4) is 0 Å². The molecule has 154 valence electrons. The summed E-state index contributed by atoms with van der Waals surface area (Å²) in [6.07, 6.45) is 1.98. The average molecular weight is 416 g/mol. The lowest BCUT2D eigenvalue weighted by atomic mass is 9.95. The molecular weight excluding hydrogens is 389 g/mol. The molecule has 2 heterocycles. The smallest absolute Gasteiger partial charge is 0.227 e. The van der Waals surface area contributed by atoms with Crippen LogP contribution in [0.5, 0.6) is 0 Å². The van der Waals surface area contributed by atoms with Crippen LogP contribution in [0.1, 0.15) is 18.4 Å². The van der Waals surface area contributed by atoms with Gasteiger partial charge in [-0.1, -0.05) is 29.8 Å². The maximum absolute atomic E-state index is 13.1. The monoisotopic (exact) mass is 415 g/mol. The van der Waals surface area contributed by atoms with Gasteiger partial charge in [0.1, 0.15) is 5.82 Å². The highest BCUT2D eigenvalue weighted by Crippen LogP contribution is 2.24. The van der Waals surface area contributed by atoms with Crippen LogP contribution in [0.15, 0.2) is 48.5 Å². The van der Waals surface area contributed by atoms with Gasteiger partial charge in [-0.05, 0) is 55.3 Å². The SMILES string of the molecule is O=C([C@H]1CCCN(Cc2ccc(F)cc2)C1)N1CCN(c2cccc(Cl)c2)CC1. The highest BCUT2D eigenvalue weighted by atomic mass is 35.5. The lowest BCUT2D eigenvalue weighted by Gasteiger charge is -2.39. The molecular formula is C23H27ClFN3O. The molecule has 2 saturated heterocycles. The van der Waals surface area contributed by atoms with Gasteiger partial charge in [-0.25, -0.2) is 4.39 Å². The molecule has 2 aromatic rings. The van der Waals surface area contributed by atoms with E-state index in [0.29, 0.717) is 0 Å². The van der Waals surface area contributed by atoms with Crippen molar-refractivity contribution in [3.63, 3.8) is 0 Å². The van der Waals surface area contributed by atoms with Crippen molar-refractivity contribution < 1.29 is 9.18 Å². The fourth-order valence-electron chi connectivity index (χ4n) is 4.36. The van der Waals surface area contributed by atoms with Crippen LogP contribution in [0.2, 0.25) is 5.02 Å². The lowest BCUT2D eigenvalue weighted by Crippen LogP contribution is -2.52. The number of halogens is 2. The number of nitrogens with zero attached hydrogens (tertiary/aromatic N) is 3. The van der Waals surface area contributed by atoms with Gasteiger partial charge in [0.15, 0.2) is 0 Å². The highest BCUT2D eigenvalue weighted by Gasteiger charge is 2.31. The predicted octanol–water partition coefficient (Wildman–Crippen LogP) is 4.04.